The Labute approximate surface area is 143 Å². The molecule has 124 valence electrons. The molecule has 0 radical (unpaired) electrons. The maximum Gasteiger partial charge on any atom is 0.323 e. The molecule has 0 saturated heterocycles. The Morgan fingerprint density at radius 1 is 1.29 bits per heavy atom. The fourth-order valence-corrected chi connectivity index (χ4v) is 3.66. The number of carboxylic acid groups (broad SMARTS) is 1. The molecule has 3 aromatic rings. The standard InChI is InChI=1S/C18H18N2O3S/c1-10(2)16-19-17-15(18(23)20(16)8-14(21)22)13(9-24-17)12-6-4-11(3)5-7-12/h4-7,9-10H,8H2,1-3H3,(H,21,22). The molecule has 2 aromatic heterocycles. The van der Waals surface area contributed by atoms with Gasteiger partial charge >= 0.3 is 5.97 Å². The van der Waals surface area contributed by atoms with Crippen LogP contribution in [0.1, 0.15) is 31.2 Å². The Morgan fingerprint density at radius 3 is 2.54 bits per heavy atom. The number of hydrogen-bond acceptors (Lipinski definition) is 4. The second-order valence-corrected chi connectivity index (χ2v) is 6.96. The van der Waals surface area contributed by atoms with Crippen LogP contribution < -0.4 is 5.56 Å². The first-order valence-corrected chi connectivity index (χ1v) is 8.57. The van der Waals surface area contributed by atoms with Crippen molar-refractivity contribution in [3.63, 3.8) is 0 Å². The number of thiophene rings is 1. The van der Waals surface area contributed by atoms with E-state index >= 15 is 0 Å². The highest BCUT2D eigenvalue weighted by Crippen LogP contribution is 2.31. The van der Waals surface area contributed by atoms with Crippen molar-refractivity contribution in [2.24, 2.45) is 0 Å². The van der Waals surface area contributed by atoms with Gasteiger partial charge < -0.3 is 5.11 Å². The summed E-state index contributed by atoms with van der Waals surface area (Å²) in [7, 11) is 0. The second-order valence-electron chi connectivity index (χ2n) is 6.11. The molecule has 0 saturated carbocycles. The Hall–Kier alpha value is -2.47. The lowest BCUT2D eigenvalue weighted by Crippen LogP contribution is -2.29. The molecule has 0 bridgehead atoms. The number of rotatable bonds is 4. The van der Waals surface area contributed by atoms with Crippen LogP contribution >= 0.6 is 11.3 Å². The second kappa shape index (κ2) is 6.20. The summed E-state index contributed by atoms with van der Waals surface area (Å²) < 4.78 is 1.28. The first kappa shape index (κ1) is 16.4. The molecule has 3 rings (SSSR count). The summed E-state index contributed by atoms with van der Waals surface area (Å²) in [6, 6.07) is 7.91. The highest BCUT2D eigenvalue weighted by atomic mass is 32.1. The van der Waals surface area contributed by atoms with E-state index in [1.165, 1.54) is 15.9 Å². The van der Waals surface area contributed by atoms with Crippen molar-refractivity contribution < 1.29 is 9.90 Å². The van der Waals surface area contributed by atoms with Gasteiger partial charge in [-0.25, -0.2) is 4.98 Å². The molecule has 0 amide bonds. The third-order valence-corrected chi connectivity index (χ3v) is 4.77. The fourth-order valence-electron chi connectivity index (χ4n) is 2.71. The number of aryl methyl sites for hydroxylation is 1. The molecule has 0 unspecified atom stereocenters. The number of aliphatic carboxylic acids is 1. The first-order valence-electron chi connectivity index (χ1n) is 7.69. The van der Waals surface area contributed by atoms with Crippen molar-refractivity contribution in [3.8, 4) is 11.1 Å². The Balaban J connectivity index is 2.30. The summed E-state index contributed by atoms with van der Waals surface area (Å²) in [4.78, 5) is 29.4. The van der Waals surface area contributed by atoms with E-state index in [1.807, 2.05) is 50.4 Å². The zero-order chi connectivity index (χ0) is 17.4. The molecular formula is C18H18N2O3S. The lowest BCUT2D eigenvalue weighted by atomic mass is 10.0. The number of benzene rings is 1. The van der Waals surface area contributed by atoms with Gasteiger partial charge in [0, 0.05) is 16.9 Å². The highest BCUT2D eigenvalue weighted by molar-refractivity contribution is 7.17. The van der Waals surface area contributed by atoms with Gasteiger partial charge in [0.1, 0.15) is 17.2 Å². The topological polar surface area (TPSA) is 72.2 Å². The molecule has 6 heteroatoms. The monoisotopic (exact) mass is 342 g/mol. The van der Waals surface area contributed by atoms with Gasteiger partial charge in [-0.2, -0.15) is 0 Å². The van der Waals surface area contributed by atoms with Gasteiger partial charge in [0.15, 0.2) is 0 Å². The van der Waals surface area contributed by atoms with Gasteiger partial charge in [0.05, 0.1) is 5.39 Å². The van der Waals surface area contributed by atoms with E-state index in [9.17, 15) is 9.59 Å². The molecule has 5 nitrogen and oxygen atoms in total. The molecule has 2 heterocycles. The van der Waals surface area contributed by atoms with E-state index in [-0.39, 0.29) is 18.0 Å². The molecule has 1 N–H and O–H groups in total. The van der Waals surface area contributed by atoms with Gasteiger partial charge in [0.25, 0.3) is 5.56 Å². The van der Waals surface area contributed by atoms with Gasteiger partial charge in [-0.1, -0.05) is 43.7 Å². The van der Waals surface area contributed by atoms with Crippen LogP contribution in [0.3, 0.4) is 0 Å². The quantitative estimate of drug-likeness (QED) is 0.786. The highest BCUT2D eigenvalue weighted by Gasteiger charge is 2.19. The maximum absolute atomic E-state index is 13.0. The molecule has 0 aliphatic rings. The minimum atomic E-state index is -1.05. The largest absolute Gasteiger partial charge is 0.480 e. The van der Waals surface area contributed by atoms with E-state index < -0.39 is 5.97 Å². The van der Waals surface area contributed by atoms with Crippen molar-refractivity contribution >= 4 is 27.5 Å². The van der Waals surface area contributed by atoms with Crippen LogP contribution in [0.5, 0.6) is 0 Å². The lowest BCUT2D eigenvalue weighted by Gasteiger charge is -2.13. The maximum atomic E-state index is 13.0. The number of nitrogens with zero attached hydrogens (tertiary/aromatic N) is 2. The van der Waals surface area contributed by atoms with Gasteiger partial charge in [-0.3, -0.25) is 14.2 Å². The van der Waals surface area contributed by atoms with Crippen LogP contribution in [0.25, 0.3) is 21.3 Å². The van der Waals surface area contributed by atoms with Gasteiger partial charge in [-0.05, 0) is 12.5 Å². The SMILES string of the molecule is Cc1ccc(-c2csc3nc(C(C)C)n(CC(=O)O)c(=O)c23)cc1. The molecule has 0 spiro atoms. The normalized spacial score (nSPS) is 11.3. The predicted molar refractivity (Wildman–Crippen MR) is 95.8 cm³/mol. The zero-order valence-electron chi connectivity index (χ0n) is 13.7. The van der Waals surface area contributed by atoms with Crippen LogP contribution in [0.2, 0.25) is 0 Å². The average molecular weight is 342 g/mol. The minimum absolute atomic E-state index is 0.0358. The van der Waals surface area contributed by atoms with E-state index in [1.54, 1.807) is 0 Å². The van der Waals surface area contributed by atoms with Crippen LogP contribution in [0.15, 0.2) is 34.4 Å². The van der Waals surface area contributed by atoms with E-state index in [0.717, 1.165) is 16.7 Å². The first-order chi connectivity index (χ1) is 11.4. The molecule has 0 fully saturated rings. The number of aromatic nitrogens is 2. The molecule has 0 aliphatic heterocycles. The van der Waals surface area contributed by atoms with Crippen LogP contribution in [-0.4, -0.2) is 20.6 Å². The summed E-state index contributed by atoms with van der Waals surface area (Å²) in [5.41, 5.74) is 2.59. The van der Waals surface area contributed by atoms with Crippen LogP contribution in [-0.2, 0) is 11.3 Å². The molecule has 1 aromatic carbocycles. The minimum Gasteiger partial charge on any atom is -0.480 e. The Kier molecular flexibility index (Phi) is 4.24. The number of carbonyl (C=O) groups is 1. The molecule has 24 heavy (non-hydrogen) atoms. The number of fused-ring (bicyclic) bond motifs is 1. The fraction of sp³-hybridized carbons (Fsp3) is 0.278. The summed E-state index contributed by atoms with van der Waals surface area (Å²) in [6.07, 6.45) is 0. The van der Waals surface area contributed by atoms with Gasteiger partial charge in [0.2, 0.25) is 0 Å². The van der Waals surface area contributed by atoms with Crippen molar-refractivity contribution in [2.45, 2.75) is 33.2 Å². The molecular weight excluding hydrogens is 324 g/mol. The number of carboxylic acids is 1. The number of hydrogen-bond donors (Lipinski definition) is 1. The van der Waals surface area contributed by atoms with Crippen LogP contribution in [0, 0.1) is 6.92 Å². The average Bonchev–Trinajstić information content (AvgIpc) is 2.94. The summed E-state index contributed by atoms with van der Waals surface area (Å²) >= 11 is 1.41. The van der Waals surface area contributed by atoms with E-state index in [4.69, 9.17) is 5.11 Å². The Morgan fingerprint density at radius 2 is 1.96 bits per heavy atom. The van der Waals surface area contributed by atoms with Crippen LogP contribution in [0.4, 0.5) is 0 Å². The van der Waals surface area contributed by atoms with E-state index in [0.29, 0.717) is 16.0 Å². The van der Waals surface area contributed by atoms with Gasteiger partial charge in [-0.15, -0.1) is 11.3 Å². The Bertz CT molecular complexity index is 968. The van der Waals surface area contributed by atoms with Crippen molar-refractivity contribution in [1.29, 1.82) is 0 Å². The zero-order valence-corrected chi connectivity index (χ0v) is 14.6. The third-order valence-electron chi connectivity index (χ3n) is 3.90. The lowest BCUT2D eigenvalue weighted by molar-refractivity contribution is -0.137. The summed E-state index contributed by atoms with van der Waals surface area (Å²) in [6.45, 7) is 5.44. The summed E-state index contributed by atoms with van der Waals surface area (Å²) in [5.74, 6) is -0.578. The molecule has 0 atom stereocenters. The summed E-state index contributed by atoms with van der Waals surface area (Å²) in [5, 5.41) is 11.6. The smallest absolute Gasteiger partial charge is 0.323 e. The predicted octanol–water partition coefficient (Wildman–Crippen LogP) is 3.64. The van der Waals surface area contributed by atoms with Crippen molar-refractivity contribution in [3.05, 3.63) is 51.4 Å². The van der Waals surface area contributed by atoms with E-state index in [2.05, 4.69) is 4.98 Å². The van der Waals surface area contributed by atoms with Crippen molar-refractivity contribution in [2.75, 3.05) is 0 Å². The van der Waals surface area contributed by atoms with Crippen molar-refractivity contribution in [1.82, 2.24) is 9.55 Å². The third kappa shape index (κ3) is 2.85. The molecule has 0 aliphatic carbocycles.